The zero-order valence-electron chi connectivity index (χ0n) is 25.0. The molecule has 0 aliphatic heterocycles. The molecule has 8 rings (SSSR count). The highest BCUT2D eigenvalue weighted by Crippen LogP contribution is 2.41. The lowest BCUT2D eigenvalue weighted by atomic mass is 10.0. The maximum absolute atomic E-state index is 5.62. The van der Waals surface area contributed by atoms with Gasteiger partial charge in [0.1, 0.15) is 11.5 Å². The van der Waals surface area contributed by atoms with Gasteiger partial charge in [-0.3, -0.25) is 9.97 Å². The van der Waals surface area contributed by atoms with Gasteiger partial charge in [0.15, 0.2) is 0 Å². The number of nitrogens with zero attached hydrogens (tertiary/aromatic N) is 4. The Labute approximate surface area is 254 Å². The van der Waals surface area contributed by atoms with E-state index in [2.05, 4.69) is 106 Å². The fourth-order valence-electron chi connectivity index (χ4n) is 6.59. The van der Waals surface area contributed by atoms with Gasteiger partial charge >= 0.3 is 0 Å². The first kappa shape index (κ1) is 26.0. The number of methoxy groups -OCH3 is 2. The highest BCUT2D eigenvalue weighted by molar-refractivity contribution is 6.12. The maximum Gasteiger partial charge on any atom is 0.119 e. The number of rotatable bonds is 5. The number of pyridine rings is 2. The quantitative estimate of drug-likeness (QED) is 0.206. The van der Waals surface area contributed by atoms with Crippen LogP contribution in [0.3, 0.4) is 0 Å². The number of hydrogen-bond donors (Lipinski definition) is 0. The van der Waals surface area contributed by atoms with Gasteiger partial charge in [-0.15, -0.1) is 0 Å². The molecule has 44 heavy (non-hydrogen) atoms. The number of ether oxygens (including phenoxy) is 2. The van der Waals surface area contributed by atoms with Crippen molar-refractivity contribution in [2.75, 3.05) is 14.2 Å². The van der Waals surface area contributed by atoms with Gasteiger partial charge < -0.3 is 18.6 Å². The molecular weight excluding hydrogens is 544 g/mol. The minimum Gasteiger partial charge on any atom is -0.497 e. The molecule has 0 radical (unpaired) electrons. The van der Waals surface area contributed by atoms with Crippen LogP contribution in [0.15, 0.2) is 110 Å². The van der Waals surface area contributed by atoms with Crippen molar-refractivity contribution >= 4 is 43.6 Å². The third-order valence-electron chi connectivity index (χ3n) is 8.63. The Hall–Kier alpha value is -5.62. The molecule has 0 unspecified atom stereocenters. The summed E-state index contributed by atoms with van der Waals surface area (Å²) in [7, 11) is 3.42. The van der Waals surface area contributed by atoms with Crippen LogP contribution < -0.4 is 9.47 Å². The SMILES string of the molecule is COc1ccc2c(c1)c1cc(C)ccc1n2-c1cnccc1-c1ccncc1-n1c2ccc(C)cc2c2cc(OC)ccc21. The van der Waals surface area contributed by atoms with E-state index < -0.39 is 0 Å². The second kappa shape index (κ2) is 9.99. The number of aryl methyl sites for hydroxylation is 2. The minimum atomic E-state index is 0.833. The Balaban J connectivity index is 1.44. The zero-order chi connectivity index (χ0) is 29.9. The lowest BCUT2D eigenvalue weighted by molar-refractivity contribution is 0.415. The summed E-state index contributed by atoms with van der Waals surface area (Å²) in [6, 6.07) is 30.0. The molecule has 0 saturated carbocycles. The van der Waals surface area contributed by atoms with E-state index in [1.165, 1.54) is 21.9 Å². The van der Waals surface area contributed by atoms with Crippen LogP contribution in [0.25, 0.3) is 66.1 Å². The summed E-state index contributed by atoms with van der Waals surface area (Å²) >= 11 is 0. The van der Waals surface area contributed by atoms with Gasteiger partial charge in [-0.1, -0.05) is 23.3 Å². The average Bonchev–Trinajstić information content (AvgIpc) is 3.55. The fourth-order valence-corrected chi connectivity index (χ4v) is 6.59. The van der Waals surface area contributed by atoms with Crippen molar-refractivity contribution in [2.45, 2.75) is 13.8 Å². The average molecular weight is 575 g/mol. The molecule has 0 spiro atoms. The molecule has 4 aromatic heterocycles. The summed E-state index contributed by atoms with van der Waals surface area (Å²) < 4.78 is 15.9. The van der Waals surface area contributed by atoms with Crippen molar-refractivity contribution in [3.63, 3.8) is 0 Å². The zero-order valence-corrected chi connectivity index (χ0v) is 25.0. The topological polar surface area (TPSA) is 54.1 Å². The van der Waals surface area contributed by atoms with E-state index in [4.69, 9.17) is 9.47 Å². The highest BCUT2D eigenvalue weighted by atomic mass is 16.5. The number of hydrogen-bond acceptors (Lipinski definition) is 4. The summed E-state index contributed by atoms with van der Waals surface area (Å²) in [6.07, 6.45) is 7.65. The van der Waals surface area contributed by atoms with Crippen molar-refractivity contribution in [3.8, 4) is 34.0 Å². The van der Waals surface area contributed by atoms with Crippen molar-refractivity contribution in [1.29, 1.82) is 0 Å². The predicted octanol–water partition coefficient (Wildman–Crippen LogP) is 8.97. The van der Waals surface area contributed by atoms with E-state index in [-0.39, 0.29) is 0 Å². The Morgan fingerprint density at radius 1 is 0.477 bits per heavy atom. The molecule has 0 aliphatic rings. The van der Waals surface area contributed by atoms with Crippen molar-refractivity contribution < 1.29 is 9.47 Å². The smallest absolute Gasteiger partial charge is 0.119 e. The minimum absolute atomic E-state index is 0.833. The molecule has 0 aliphatic carbocycles. The van der Waals surface area contributed by atoms with E-state index >= 15 is 0 Å². The van der Waals surface area contributed by atoms with Gasteiger partial charge in [-0.2, -0.15) is 0 Å². The van der Waals surface area contributed by atoms with Crippen LogP contribution in [0.1, 0.15) is 11.1 Å². The van der Waals surface area contributed by atoms with Crippen LogP contribution in [0.5, 0.6) is 11.5 Å². The predicted molar refractivity (Wildman–Crippen MR) is 179 cm³/mol. The lowest BCUT2D eigenvalue weighted by Gasteiger charge is -2.17. The summed E-state index contributed by atoms with van der Waals surface area (Å²) in [4.78, 5) is 9.26. The van der Waals surface area contributed by atoms with Crippen molar-refractivity contribution in [1.82, 2.24) is 19.1 Å². The molecule has 6 nitrogen and oxygen atoms in total. The molecule has 0 bridgehead atoms. The first-order valence-corrected chi connectivity index (χ1v) is 14.6. The van der Waals surface area contributed by atoms with Gasteiger partial charge in [0, 0.05) is 45.1 Å². The summed E-state index contributed by atoms with van der Waals surface area (Å²) in [6.45, 7) is 4.26. The van der Waals surface area contributed by atoms with Gasteiger partial charge in [-0.25, -0.2) is 0 Å². The molecular formula is C38H30N4O2. The first-order valence-electron chi connectivity index (χ1n) is 14.6. The van der Waals surface area contributed by atoms with Crippen LogP contribution in [-0.2, 0) is 0 Å². The molecule has 0 saturated heterocycles. The van der Waals surface area contributed by atoms with Crippen LogP contribution in [0.4, 0.5) is 0 Å². The third-order valence-corrected chi connectivity index (χ3v) is 8.63. The van der Waals surface area contributed by atoms with Gasteiger partial charge in [-0.05, 0) is 86.6 Å². The monoisotopic (exact) mass is 574 g/mol. The van der Waals surface area contributed by atoms with E-state index in [1.807, 2.05) is 36.9 Å². The van der Waals surface area contributed by atoms with E-state index in [0.717, 1.165) is 66.8 Å². The van der Waals surface area contributed by atoms with Crippen molar-refractivity contribution in [2.24, 2.45) is 0 Å². The number of aromatic nitrogens is 4. The summed E-state index contributed by atoms with van der Waals surface area (Å²) in [5.41, 5.74) is 10.9. The summed E-state index contributed by atoms with van der Waals surface area (Å²) in [5.74, 6) is 1.67. The van der Waals surface area contributed by atoms with Gasteiger partial charge in [0.25, 0.3) is 0 Å². The second-order valence-electron chi connectivity index (χ2n) is 11.3. The third kappa shape index (κ3) is 3.88. The van der Waals surface area contributed by atoms with Crippen LogP contribution in [0, 0.1) is 13.8 Å². The molecule has 0 N–H and O–H groups in total. The van der Waals surface area contributed by atoms with Crippen LogP contribution >= 0.6 is 0 Å². The number of benzene rings is 4. The normalized spacial score (nSPS) is 11.6. The van der Waals surface area contributed by atoms with Gasteiger partial charge in [0.05, 0.1) is 60.1 Å². The van der Waals surface area contributed by atoms with Crippen LogP contribution in [-0.4, -0.2) is 33.3 Å². The standard InChI is InChI=1S/C38H30N4O2/c1-23-5-9-33-29(17-23)31-19-25(43-3)7-11-35(31)41(33)37-21-39-15-13-27(37)28-14-16-40-22-38(28)42-34-10-6-24(2)18-30(34)32-20-26(44-4)8-12-36(32)42/h5-22H,1-4H3. The Morgan fingerprint density at radius 3 is 1.27 bits per heavy atom. The maximum atomic E-state index is 5.62. The molecule has 0 atom stereocenters. The molecule has 214 valence electrons. The molecule has 6 heteroatoms. The highest BCUT2D eigenvalue weighted by Gasteiger charge is 2.21. The van der Waals surface area contributed by atoms with Gasteiger partial charge in [0.2, 0.25) is 0 Å². The molecule has 4 aromatic carbocycles. The van der Waals surface area contributed by atoms with E-state index in [1.54, 1.807) is 14.2 Å². The molecule has 4 heterocycles. The van der Waals surface area contributed by atoms with Crippen molar-refractivity contribution in [3.05, 3.63) is 121 Å². The molecule has 0 fully saturated rings. The Morgan fingerprint density at radius 2 is 0.864 bits per heavy atom. The largest absolute Gasteiger partial charge is 0.497 e. The van der Waals surface area contributed by atoms with E-state index in [9.17, 15) is 0 Å². The summed E-state index contributed by atoms with van der Waals surface area (Å²) in [5, 5.41) is 4.63. The Bertz CT molecular complexity index is 2230. The first-order chi connectivity index (χ1) is 21.6. The van der Waals surface area contributed by atoms with Crippen LogP contribution in [0.2, 0.25) is 0 Å². The molecule has 8 aromatic rings. The Kier molecular flexibility index (Phi) is 5.91. The lowest BCUT2D eigenvalue weighted by Crippen LogP contribution is -2.02. The van der Waals surface area contributed by atoms with E-state index in [0.29, 0.717) is 0 Å². The number of fused-ring (bicyclic) bond motifs is 6. The second-order valence-corrected chi connectivity index (χ2v) is 11.3. The molecule has 0 amide bonds. The fraction of sp³-hybridized carbons (Fsp3) is 0.105.